The van der Waals surface area contributed by atoms with Crippen molar-refractivity contribution in [3.05, 3.63) is 29.8 Å². The van der Waals surface area contributed by atoms with E-state index in [1.165, 1.54) is 6.42 Å². The van der Waals surface area contributed by atoms with Crippen LogP contribution in [0.1, 0.15) is 44.6 Å². The van der Waals surface area contributed by atoms with Gasteiger partial charge in [0.15, 0.2) is 0 Å². The first-order valence-corrected chi connectivity index (χ1v) is 7.54. The molecule has 0 aromatic heterocycles. The predicted octanol–water partition coefficient (Wildman–Crippen LogP) is 3.35. The fraction of sp³-hybridized carbons (Fsp3) is 0.588. The third-order valence-corrected chi connectivity index (χ3v) is 3.68. The minimum atomic E-state index is 0.285. The molecule has 1 unspecified atom stereocenters. The number of nitrogens with two attached hydrogens (primary N) is 1. The second-order valence-electron chi connectivity index (χ2n) is 5.30. The normalized spacial score (nSPS) is 12.2. The third kappa shape index (κ3) is 5.74. The molecule has 1 aromatic carbocycles. The Morgan fingerprint density at radius 3 is 2.65 bits per heavy atom. The van der Waals surface area contributed by atoms with Gasteiger partial charge >= 0.3 is 0 Å². The van der Waals surface area contributed by atoms with Crippen LogP contribution < -0.4 is 10.5 Å². The highest BCUT2D eigenvalue weighted by atomic mass is 16.5. The summed E-state index contributed by atoms with van der Waals surface area (Å²) in [4.78, 5) is 12.1. The van der Waals surface area contributed by atoms with Crippen LogP contribution in [0.4, 0.5) is 0 Å². The molecule has 1 aromatic rings. The van der Waals surface area contributed by atoms with Gasteiger partial charge in [0.05, 0.1) is 7.11 Å². The van der Waals surface area contributed by atoms with Crippen LogP contribution in [0.2, 0.25) is 0 Å². The highest BCUT2D eigenvalue weighted by Crippen LogP contribution is 2.21. The van der Waals surface area contributed by atoms with Crippen molar-refractivity contribution < 1.29 is 9.53 Å². The maximum absolute atomic E-state index is 12.1. The van der Waals surface area contributed by atoms with Gasteiger partial charge in [-0.05, 0) is 31.4 Å². The summed E-state index contributed by atoms with van der Waals surface area (Å²) in [7, 11) is 1.64. The molecule has 0 saturated heterocycles. The number of carbonyl (C=O) groups excluding carboxylic acids is 1. The Kier molecular flexibility index (Phi) is 7.97. The van der Waals surface area contributed by atoms with Crippen LogP contribution in [0.3, 0.4) is 0 Å². The lowest BCUT2D eigenvalue weighted by Gasteiger charge is -2.14. The fourth-order valence-corrected chi connectivity index (χ4v) is 2.59. The number of carbonyl (C=O) groups is 1. The molecule has 0 heterocycles. The maximum Gasteiger partial charge on any atom is 0.137 e. The molecule has 0 spiro atoms. The predicted molar refractivity (Wildman–Crippen MR) is 83.0 cm³/mol. The Morgan fingerprint density at radius 2 is 2.00 bits per heavy atom. The SMILES string of the molecule is CCCC(CCN)CCC(=O)Cc1ccccc1OC. The Hall–Kier alpha value is -1.35. The molecule has 0 aliphatic carbocycles. The minimum absolute atomic E-state index is 0.285. The van der Waals surface area contributed by atoms with Crippen molar-refractivity contribution in [1.29, 1.82) is 0 Å². The van der Waals surface area contributed by atoms with Crippen molar-refractivity contribution in [3.8, 4) is 5.75 Å². The van der Waals surface area contributed by atoms with Crippen LogP contribution >= 0.6 is 0 Å². The van der Waals surface area contributed by atoms with Crippen molar-refractivity contribution in [3.63, 3.8) is 0 Å². The van der Waals surface area contributed by atoms with Crippen LogP contribution in [0.25, 0.3) is 0 Å². The Labute approximate surface area is 122 Å². The zero-order valence-corrected chi connectivity index (χ0v) is 12.7. The average molecular weight is 277 g/mol. The van der Waals surface area contributed by atoms with Crippen LogP contribution in [0.5, 0.6) is 5.75 Å². The number of methoxy groups -OCH3 is 1. The number of benzene rings is 1. The van der Waals surface area contributed by atoms with E-state index in [1.807, 2.05) is 24.3 Å². The molecule has 112 valence electrons. The fourth-order valence-electron chi connectivity index (χ4n) is 2.59. The first kappa shape index (κ1) is 16.7. The second-order valence-corrected chi connectivity index (χ2v) is 5.30. The molecule has 1 atom stereocenters. The van der Waals surface area contributed by atoms with Crippen molar-refractivity contribution in [2.45, 2.75) is 45.4 Å². The molecule has 0 aliphatic heterocycles. The third-order valence-electron chi connectivity index (χ3n) is 3.68. The lowest BCUT2D eigenvalue weighted by Crippen LogP contribution is -2.12. The number of hydrogen-bond acceptors (Lipinski definition) is 3. The van der Waals surface area contributed by atoms with Crippen LogP contribution in [0.15, 0.2) is 24.3 Å². The van der Waals surface area contributed by atoms with Crippen molar-refractivity contribution in [2.75, 3.05) is 13.7 Å². The molecule has 0 saturated carbocycles. The van der Waals surface area contributed by atoms with Gasteiger partial charge in [-0.25, -0.2) is 0 Å². The molecule has 1 rings (SSSR count). The minimum Gasteiger partial charge on any atom is -0.496 e. The number of ether oxygens (including phenoxy) is 1. The first-order chi connectivity index (χ1) is 9.71. The van der Waals surface area contributed by atoms with Gasteiger partial charge < -0.3 is 10.5 Å². The number of ketones is 1. The number of rotatable bonds is 10. The molecule has 20 heavy (non-hydrogen) atoms. The first-order valence-electron chi connectivity index (χ1n) is 7.54. The van der Waals surface area contributed by atoms with Gasteiger partial charge in [-0.15, -0.1) is 0 Å². The van der Waals surface area contributed by atoms with Crippen molar-refractivity contribution >= 4 is 5.78 Å². The standard InChI is InChI=1S/C17H27NO2/c1-3-6-14(11-12-18)9-10-16(19)13-15-7-4-5-8-17(15)20-2/h4-5,7-8,14H,3,6,9-13,18H2,1-2H3. The number of Topliss-reactive ketones (excluding diaryl/α,β-unsaturated/α-hetero) is 1. The maximum atomic E-state index is 12.1. The van der Waals surface area contributed by atoms with E-state index in [0.717, 1.165) is 30.6 Å². The smallest absolute Gasteiger partial charge is 0.137 e. The van der Waals surface area contributed by atoms with E-state index >= 15 is 0 Å². The molecule has 0 amide bonds. The molecule has 0 bridgehead atoms. The van der Waals surface area contributed by atoms with E-state index in [4.69, 9.17) is 10.5 Å². The van der Waals surface area contributed by atoms with Crippen molar-refractivity contribution in [1.82, 2.24) is 0 Å². The quantitative estimate of drug-likeness (QED) is 0.713. The van der Waals surface area contributed by atoms with E-state index in [0.29, 0.717) is 25.3 Å². The topological polar surface area (TPSA) is 52.3 Å². The summed E-state index contributed by atoms with van der Waals surface area (Å²) in [5, 5.41) is 0. The van der Waals surface area contributed by atoms with Crippen LogP contribution in [-0.2, 0) is 11.2 Å². The summed E-state index contributed by atoms with van der Waals surface area (Å²) in [6.45, 7) is 2.89. The van der Waals surface area contributed by atoms with Crippen molar-refractivity contribution in [2.24, 2.45) is 11.7 Å². The van der Waals surface area contributed by atoms with Gasteiger partial charge in [0, 0.05) is 18.4 Å². The monoisotopic (exact) mass is 277 g/mol. The molecule has 2 N–H and O–H groups in total. The van der Waals surface area contributed by atoms with Crippen LogP contribution in [0, 0.1) is 5.92 Å². The largest absolute Gasteiger partial charge is 0.496 e. The van der Waals surface area contributed by atoms with Gasteiger partial charge in [-0.2, -0.15) is 0 Å². The summed E-state index contributed by atoms with van der Waals surface area (Å²) in [6.07, 6.45) is 5.41. The zero-order chi connectivity index (χ0) is 14.8. The second kappa shape index (κ2) is 9.54. The van der Waals surface area contributed by atoms with Gasteiger partial charge in [-0.1, -0.05) is 38.0 Å². The molecule has 0 radical (unpaired) electrons. The highest BCUT2D eigenvalue weighted by molar-refractivity contribution is 5.81. The van der Waals surface area contributed by atoms with Crippen LogP contribution in [-0.4, -0.2) is 19.4 Å². The summed E-state index contributed by atoms with van der Waals surface area (Å²) >= 11 is 0. The molecule has 3 nitrogen and oxygen atoms in total. The lowest BCUT2D eigenvalue weighted by molar-refractivity contribution is -0.118. The summed E-state index contributed by atoms with van der Waals surface area (Å²) in [5.74, 6) is 1.67. The zero-order valence-electron chi connectivity index (χ0n) is 12.7. The van der Waals surface area contributed by atoms with E-state index in [-0.39, 0.29) is 5.78 Å². The van der Waals surface area contributed by atoms with Gasteiger partial charge in [0.2, 0.25) is 0 Å². The Bertz CT molecular complexity index is 398. The molecular formula is C17H27NO2. The molecule has 0 aliphatic rings. The lowest BCUT2D eigenvalue weighted by atomic mass is 9.92. The van der Waals surface area contributed by atoms with Gasteiger partial charge in [0.1, 0.15) is 11.5 Å². The van der Waals surface area contributed by atoms with E-state index < -0.39 is 0 Å². The van der Waals surface area contributed by atoms with Gasteiger partial charge in [-0.3, -0.25) is 4.79 Å². The molecule has 0 fully saturated rings. The van der Waals surface area contributed by atoms with E-state index in [2.05, 4.69) is 6.92 Å². The summed E-state index contributed by atoms with van der Waals surface area (Å²) < 4.78 is 5.28. The molecule has 3 heteroatoms. The number of hydrogen-bond donors (Lipinski definition) is 1. The highest BCUT2D eigenvalue weighted by Gasteiger charge is 2.12. The van der Waals surface area contributed by atoms with E-state index in [9.17, 15) is 4.79 Å². The average Bonchev–Trinajstić information content (AvgIpc) is 2.46. The molecular weight excluding hydrogens is 250 g/mol. The number of para-hydroxylation sites is 1. The summed E-state index contributed by atoms with van der Waals surface area (Å²) in [6, 6.07) is 7.72. The summed E-state index contributed by atoms with van der Waals surface area (Å²) in [5.41, 5.74) is 6.60. The Morgan fingerprint density at radius 1 is 1.25 bits per heavy atom. The van der Waals surface area contributed by atoms with E-state index in [1.54, 1.807) is 7.11 Å². The Balaban J connectivity index is 2.46. The van der Waals surface area contributed by atoms with Gasteiger partial charge in [0.25, 0.3) is 0 Å².